The molecule has 148 valence electrons. The molecular formula is C23H29N3O2. The maximum absolute atomic E-state index is 12.6. The molecule has 3 amide bonds. The summed E-state index contributed by atoms with van der Waals surface area (Å²) in [6.07, 6.45) is 1.59. The Hall–Kier alpha value is -2.82. The van der Waals surface area contributed by atoms with Crippen molar-refractivity contribution in [3.8, 4) is 11.1 Å². The van der Waals surface area contributed by atoms with Crippen LogP contribution in [0.4, 0.5) is 4.79 Å². The number of rotatable bonds is 5. The van der Waals surface area contributed by atoms with Crippen LogP contribution >= 0.6 is 0 Å². The Morgan fingerprint density at radius 3 is 2.07 bits per heavy atom. The molecule has 1 aliphatic heterocycles. The van der Waals surface area contributed by atoms with E-state index in [4.69, 9.17) is 0 Å². The number of carbonyl (C=O) groups is 2. The fourth-order valence-electron chi connectivity index (χ4n) is 3.62. The molecule has 5 heteroatoms. The molecule has 1 aliphatic rings. The zero-order valence-electron chi connectivity index (χ0n) is 16.7. The van der Waals surface area contributed by atoms with Gasteiger partial charge in [-0.25, -0.2) is 4.79 Å². The van der Waals surface area contributed by atoms with Crippen molar-refractivity contribution in [2.24, 2.45) is 0 Å². The minimum atomic E-state index is -0.0480. The smallest absolute Gasteiger partial charge is 0.319 e. The van der Waals surface area contributed by atoms with E-state index in [1.54, 1.807) is 0 Å². The van der Waals surface area contributed by atoms with E-state index in [-0.39, 0.29) is 18.0 Å². The van der Waals surface area contributed by atoms with Crippen LogP contribution in [-0.4, -0.2) is 54.0 Å². The lowest BCUT2D eigenvalue weighted by Crippen LogP contribution is -2.50. The fraction of sp³-hybridized carbons (Fsp3) is 0.391. The molecule has 3 rings (SSSR count). The maximum atomic E-state index is 12.6. The molecule has 1 heterocycles. The first-order chi connectivity index (χ1) is 13.6. The molecule has 0 aliphatic carbocycles. The van der Waals surface area contributed by atoms with Gasteiger partial charge in [-0.2, -0.15) is 0 Å². The van der Waals surface area contributed by atoms with Gasteiger partial charge in [0.2, 0.25) is 0 Å². The lowest BCUT2D eigenvalue weighted by atomic mass is 10.0. The highest BCUT2D eigenvalue weighted by Crippen LogP contribution is 2.19. The molecule has 5 nitrogen and oxygen atoms in total. The molecule has 0 radical (unpaired) electrons. The zero-order chi connectivity index (χ0) is 19.9. The minimum absolute atomic E-state index is 0.0480. The Bertz CT molecular complexity index is 777. The maximum Gasteiger partial charge on any atom is 0.319 e. The van der Waals surface area contributed by atoms with Crippen molar-refractivity contribution in [3.05, 3.63) is 60.2 Å². The van der Waals surface area contributed by atoms with Crippen LogP contribution in [0.2, 0.25) is 0 Å². The standard InChI is InChI=1S/C23H29N3O2/c1-3-25(4-2)23(28)26-16-14-21(15-17-26)24-22(27)20-12-10-19(11-13-20)18-8-6-5-7-9-18/h5-13,21H,3-4,14-17H2,1-2H3,(H,24,27). The molecule has 28 heavy (non-hydrogen) atoms. The van der Waals surface area contributed by atoms with Crippen LogP contribution in [-0.2, 0) is 0 Å². The van der Waals surface area contributed by atoms with Crippen molar-refractivity contribution < 1.29 is 9.59 Å². The van der Waals surface area contributed by atoms with Gasteiger partial charge in [-0.1, -0.05) is 42.5 Å². The van der Waals surface area contributed by atoms with Crippen molar-refractivity contribution in [3.63, 3.8) is 0 Å². The first kappa shape index (κ1) is 19.9. The third-order valence-corrected chi connectivity index (χ3v) is 5.39. The fourth-order valence-corrected chi connectivity index (χ4v) is 3.62. The number of hydrogen-bond donors (Lipinski definition) is 1. The van der Waals surface area contributed by atoms with E-state index in [0.29, 0.717) is 18.7 Å². The molecule has 0 saturated carbocycles. The van der Waals surface area contributed by atoms with Gasteiger partial charge in [0, 0.05) is 37.8 Å². The normalized spacial score (nSPS) is 14.6. The molecule has 0 aromatic heterocycles. The van der Waals surface area contributed by atoms with Crippen LogP contribution in [0.3, 0.4) is 0 Å². The molecule has 0 unspecified atom stereocenters. The summed E-state index contributed by atoms with van der Waals surface area (Å²) in [4.78, 5) is 28.7. The molecule has 0 bridgehead atoms. The summed E-state index contributed by atoms with van der Waals surface area (Å²) in [6, 6.07) is 18.0. The lowest BCUT2D eigenvalue weighted by molar-refractivity contribution is 0.0911. The van der Waals surface area contributed by atoms with Gasteiger partial charge in [0.05, 0.1) is 0 Å². The van der Waals surface area contributed by atoms with Gasteiger partial charge in [-0.15, -0.1) is 0 Å². The van der Waals surface area contributed by atoms with Crippen LogP contribution in [0, 0.1) is 0 Å². The van der Waals surface area contributed by atoms with Crippen molar-refractivity contribution in [1.82, 2.24) is 15.1 Å². The lowest BCUT2D eigenvalue weighted by Gasteiger charge is -2.35. The second-order valence-corrected chi connectivity index (χ2v) is 7.13. The van der Waals surface area contributed by atoms with Crippen molar-refractivity contribution in [2.75, 3.05) is 26.2 Å². The minimum Gasteiger partial charge on any atom is -0.349 e. The second kappa shape index (κ2) is 9.40. The van der Waals surface area contributed by atoms with Gasteiger partial charge in [0.1, 0.15) is 0 Å². The highest BCUT2D eigenvalue weighted by atomic mass is 16.2. The predicted molar refractivity (Wildman–Crippen MR) is 112 cm³/mol. The Morgan fingerprint density at radius 2 is 1.50 bits per heavy atom. The van der Waals surface area contributed by atoms with E-state index < -0.39 is 0 Å². The van der Waals surface area contributed by atoms with Gasteiger partial charge in [-0.05, 0) is 49.9 Å². The average molecular weight is 380 g/mol. The van der Waals surface area contributed by atoms with E-state index in [1.807, 2.05) is 66.1 Å². The van der Waals surface area contributed by atoms with E-state index in [2.05, 4.69) is 17.4 Å². The van der Waals surface area contributed by atoms with Crippen LogP contribution in [0.15, 0.2) is 54.6 Å². The molecule has 2 aromatic carbocycles. The van der Waals surface area contributed by atoms with Gasteiger partial charge in [0.15, 0.2) is 0 Å². The number of urea groups is 1. The van der Waals surface area contributed by atoms with Gasteiger partial charge < -0.3 is 15.1 Å². The molecule has 0 spiro atoms. The van der Waals surface area contributed by atoms with Crippen LogP contribution < -0.4 is 5.32 Å². The van der Waals surface area contributed by atoms with Gasteiger partial charge >= 0.3 is 6.03 Å². The molecule has 1 fully saturated rings. The molecule has 1 N–H and O–H groups in total. The monoisotopic (exact) mass is 379 g/mol. The van der Waals surface area contributed by atoms with Crippen LogP contribution in [0.25, 0.3) is 11.1 Å². The predicted octanol–water partition coefficient (Wildman–Crippen LogP) is 4.01. The number of hydrogen-bond acceptors (Lipinski definition) is 2. The topological polar surface area (TPSA) is 52.7 Å². The van der Waals surface area contributed by atoms with E-state index in [0.717, 1.165) is 37.1 Å². The number of nitrogens with zero attached hydrogens (tertiary/aromatic N) is 2. The Morgan fingerprint density at radius 1 is 0.929 bits per heavy atom. The summed E-state index contributed by atoms with van der Waals surface area (Å²) in [5.41, 5.74) is 2.90. The van der Waals surface area contributed by atoms with Crippen molar-refractivity contribution in [2.45, 2.75) is 32.7 Å². The van der Waals surface area contributed by atoms with E-state index >= 15 is 0 Å². The number of benzene rings is 2. The summed E-state index contributed by atoms with van der Waals surface area (Å²) in [5.74, 6) is -0.0480. The summed E-state index contributed by atoms with van der Waals surface area (Å²) in [7, 11) is 0. The van der Waals surface area contributed by atoms with Gasteiger partial charge in [-0.3, -0.25) is 4.79 Å². The summed E-state index contributed by atoms with van der Waals surface area (Å²) < 4.78 is 0. The zero-order valence-corrected chi connectivity index (χ0v) is 16.7. The summed E-state index contributed by atoms with van der Waals surface area (Å²) in [5, 5.41) is 3.12. The van der Waals surface area contributed by atoms with Gasteiger partial charge in [0.25, 0.3) is 5.91 Å². The largest absolute Gasteiger partial charge is 0.349 e. The summed E-state index contributed by atoms with van der Waals surface area (Å²) in [6.45, 7) is 6.82. The van der Waals surface area contributed by atoms with Crippen LogP contribution in [0.5, 0.6) is 0 Å². The third kappa shape index (κ3) is 4.71. The highest BCUT2D eigenvalue weighted by Gasteiger charge is 2.26. The number of carbonyl (C=O) groups excluding carboxylic acids is 2. The second-order valence-electron chi connectivity index (χ2n) is 7.13. The first-order valence-electron chi connectivity index (χ1n) is 10.1. The first-order valence-corrected chi connectivity index (χ1v) is 10.1. The number of amides is 3. The highest BCUT2D eigenvalue weighted by molar-refractivity contribution is 5.94. The van der Waals surface area contributed by atoms with E-state index in [9.17, 15) is 9.59 Å². The molecule has 0 atom stereocenters. The Kier molecular flexibility index (Phi) is 6.69. The van der Waals surface area contributed by atoms with Crippen LogP contribution in [0.1, 0.15) is 37.0 Å². The quantitative estimate of drug-likeness (QED) is 0.853. The van der Waals surface area contributed by atoms with E-state index in [1.165, 1.54) is 0 Å². The van der Waals surface area contributed by atoms with Crippen molar-refractivity contribution in [1.29, 1.82) is 0 Å². The SMILES string of the molecule is CCN(CC)C(=O)N1CCC(NC(=O)c2ccc(-c3ccccc3)cc2)CC1. The molecular weight excluding hydrogens is 350 g/mol. The third-order valence-electron chi connectivity index (χ3n) is 5.39. The molecule has 1 saturated heterocycles. The number of piperidine rings is 1. The summed E-state index contributed by atoms with van der Waals surface area (Å²) >= 11 is 0. The Labute approximate surface area is 167 Å². The van der Waals surface area contributed by atoms with Crippen molar-refractivity contribution >= 4 is 11.9 Å². The number of likely N-dealkylation sites (tertiary alicyclic amines) is 1. The Balaban J connectivity index is 1.53. The number of nitrogens with one attached hydrogen (secondary N) is 1. The molecule has 2 aromatic rings. The average Bonchev–Trinajstić information content (AvgIpc) is 2.76.